The van der Waals surface area contributed by atoms with E-state index in [-0.39, 0.29) is 19.1 Å². The highest BCUT2D eigenvalue weighted by Crippen LogP contribution is 2.10. The maximum absolute atomic E-state index is 11.6. The Morgan fingerprint density at radius 3 is 2.47 bits per heavy atom. The largest absolute Gasteiger partial charge is 0.394 e. The number of carbonyl (C=O) groups excluding carboxylic acids is 1. The van der Waals surface area contributed by atoms with Gasteiger partial charge in [-0.25, -0.2) is 0 Å². The highest BCUT2D eigenvalue weighted by atomic mass is 16.5. The van der Waals surface area contributed by atoms with E-state index < -0.39 is 5.54 Å². The van der Waals surface area contributed by atoms with Gasteiger partial charge in [0.15, 0.2) is 0 Å². The van der Waals surface area contributed by atoms with Crippen LogP contribution >= 0.6 is 0 Å². The molecular formula is C10H21NO4. The van der Waals surface area contributed by atoms with Gasteiger partial charge < -0.3 is 19.5 Å². The number of aliphatic hydroxyl groups excluding tert-OH is 1. The first-order valence-electron chi connectivity index (χ1n) is 4.90. The number of ether oxygens (including phenoxy) is 2. The number of hydrogen-bond donors (Lipinski definition) is 1. The fourth-order valence-corrected chi connectivity index (χ4v) is 0.842. The molecule has 0 aromatic rings. The zero-order valence-corrected chi connectivity index (χ0v) is 9.95. The number of nitrogens with zero attached hydrogens (tertiary/aromatic N) is 1. The van der Waals surface area contributed by atoms with Crippen molar-refractivity contribution in [1.29, 1.82) is 0 Å². The summed E-state index contributed by atoms with van der Waals surface area (Å²) >= 11 is 0. The predicted octanol–water partition coefficient (Wildman–Crippen LogP) is -0.121. The van der Waals surface area contributed by atoms with Crippen molar-refractivity contribution in [2.24, 2.45) is 0 Å². The van der Waals surface area contributed by atoms with Gasteiger partial charge in [-0.05, 0) is 13.8 Å². The summed E-state index contributed by atoms with van der Waals surface area (Å²) in [4.78, 5) is 13.0. The minimum Gasteiger partial charge on any atom is -0.394 e. The molecular weight excluding hydrogens is 198 g/mol. The zero-order chi connectivity index (χ0) is 11.9. The van der Waals surface area contributed by atoms with Gasteiger partial charge in [0.2, 0.25) is 5.91 Å². The van der Waals surface area contributed by atoms with Crippen molar-refractivity contribution in [3.05, 3.63) is 0 Å². The molecule has 0 unspecified atom stereocenters. The Morgan fingerprint density at radius 2 is 2.00 bits per heavy atom. The number of carbonyl (C=O) groups is 1. The molecule has 0 aromatic heterocycles. The van der Waals surface area contributed by atoms with Gasteiger partial charge in [-0.1, -0.05) is 0 Å². The van der Waals surface area contributed by atoms with E-state index in [1.54, 1.807) is 28.0 Å². The highest BCUT2D eigenvalue weighted by molar-refractivity contribution is 5.77. The standard InChI is InChI=1S/C10H21NO4/c1-10(2,8-12)11(3)9(13)7-15-6-5-14-4/h12H,5-8H2,1-4H3. The summed E-state index contributed by atoms with van der Waals surface area (Å²) in [6.07, 6.45) is 0. The Morgan fingerprint density at radius 1 is 1.40 bits per heavy atom. The normalized spacial score (nSPS) is 11.5. The molecule has 0 atom stereocenters. The maximum atomic E-state index is 11.6. The maximum Gasteiger partial charge on any atom is 0.248 e. The van der Waals surface area contributed by atoms with Crippen LogP contribution in [0.2, 0.25) is 0 Å². The van der Waals surface area contributed by atoms with Gasteiger partial charge in [0.05, 0.1) is 25.4 Å². The SMILES string of the molecule is COCCOCC(=O)N(C)C(C)(C)CO. The van der Waals surface area contributed by atoms with E-state index in [2.05, 4.69) is 0 Å². The molecule has 0 bridgehead atoms. The molecule has 0 aliphatic heterocycles. The Labute approximate surface area is 91.0 Å². The molecule has 0 spiro atoms. The lowest BCUT2D eigenvalue weighted by Gasteiger charge is -2.33. The zero-order valence-electron chi connectivity index (χ0n) is 9.95. The smallest absolute Gasteiger partial charge is 0.248 e. The molecule has 0 aromatic carbocycles. The van der Waals surface area contributed by atoms with Crippen LogP contribution in [0.5, 0.6) is 0 Å². The van der Waals surface area contributed by atoms with Crippen LogP contribution in [0.25, 0.3) is 0 Å². The summed E-state index contributed by atoms with van der Waals surface area (Å²) in [7, 11) is 3.23. The van der Waals surface area contributed by atoms with Crippen molar-refractivity contribution in [2.45, 2.75) is 19.4 Å². The number of methoxy groups -OCH3 is 1. The molecule has 0 radical (unpaired) electrons. The van der Waals surface area contributed by atoms with Gasteiger partial charge >= 0.3 is 0 Å². The van der Waals surface area contributed by atoms with Gasteiger partial charge in [-0.15, -0.1) is 0 Å². The van der Waals surface area contributed by atoms with Crippen molar-refractivity contribution in [3.8, 4) is 0 Å². The van der Waals surface area contributed by atoms with Crippen molar-refractivity contribution in [3.63, 3.8) is 0 Å². The average Bonchev–Trinajstić information content (AvgIpc) is 2.23. The quantitative estimate of drug-likeness (QED) is 0.606. The van der Waals surface area contributed by atoms with Crippen LogP contribution in [0.15, 0.2) is 0 Å². The third kappa shape index (κ3) is 5.11. The van der Waals surface area contributed by atoms with Crippen LogP contribution in [-0.4, -0.2) is 62.0 Å². The number of amides is 1. The molecule has 0 rings (SSSR count). The fraction of sp³-hybridized carbons (Fsp3) is 0.900. The fourth-order valence-electron chi connectivity index (χ4n) is 0.842. The minimum absolute atomic E-state index is 0.0172. The summed E-state index contributed by atoms with van der Waals surface area (Å²) in [6, 6.07) is 0. The molecule has 0 saturated heterocycles. The van der Waals surface area contributed by atoms with Gasteiger partial charge in [0.1, 0.15) is 6.61 Å². The lowest BCUT2D eigenvalue weighted by atomic mass is 10.1. The Hall–Kier alpha value is -0.650. The average molecular weight is 219 g/mol. The number of likely N-dealkylation sites (N-methyl/N-ethyl adjacent to an activating group) is 1. The number of hydrogen-bond acceptors (Lipinski definition) is 4. The van der Waals surface area contributed by atoms with Gasteiger partial charge in [-0.3, -0.25) is 4.79 Å². The number of rotatable bonds is 7. The number of aliphatic hydroxyl groups is 1. The van der Waals surface area contributed by atoms with Crippen molar-refractivity contribution < 1.29 is 19.4 Å². The molecule has 5 heteroatoms. The van der Waals surface area contributed by atoms with Crippen LogP contribution in [0, 0.1) is 0 Å². The second-order valence-corrected chi connectivity index (χ2v) is 3.97. The first kappa shape index (κ1) is 14.3. The Balaban J connectivity index is 3.89. The van der Waals surface area contributed by atoms with E-state index in [0.29, 0.717) is 13.2 Å². The Bertz CT molecular complexity index is 194. The third-order valence-electron chi connectivity index (χ3n) is 2.33. The van der Waals surface area contributed by atoms with Crippen LogP contribution in [0.3, 0.4) is 0 Å². The lowest BCUT2D eigenvalue weighted by molar-refractivity contribution is -0.141. The highest BCUT2D eigenvalue weighted by Gasteiger charge is 2.26. The van der Waals surface area contributed by atoms with E-state index in [1.165, 1.54) is 4.90 Å². The molecule has 0 fully saturated rings. The van der Waals surface area contributed by atoms with Crippen LogP contribution in [0.1, 0.15) is 13.8 Å². The van der Waals surface area contributed by atoms with E-state index in [4.69, 9.17) is 14.6 Å². The van der Waals surface area contributed by atoms with Gasteiger partial charge in [0, 0.05) is 14.2 Å². The first-order chi connectivity index (χ1) is 6.95. The Kier molecular flexibility index (Phi) is 6.47. The third-order valence-corrected chi connectivity index (χ3v) is 2.33. The molecule has 0 aliphatic carbocycles. The summed E-state index contributed by atoms with van der Waals surface area (Å²) in [6.45, 7) is 4.40. The molecule has 0 aliphatic rings. The second kappa shape index (κ2) is 6.76. The van der Waals surface area contributed by atoms with Gasteiger partial charge in [0.25, 0.3) is 0 Å². The summed E-state index contributed by atoms with van der Waals surface area (Å²) in [5.74, 6) is -0.148. The van der Waals surface area contributed by atoms with Gasteiger partial charge in [-0.2, -0.15) is 0 Å². The first-order valence-corrected chi connectivity index (χ1v) is 4.90. The van der Waals surface area contributed by atoms with Crippen LogP contribution in [0.4, 0.5) is 0 Å². The molecule has 90 valence electrons. The van der Waals surface area contributed by atoms with Crippen molar-refractivity contribution in [2.75, 3.05) is 40.6 Å². The van der Waals surface area contributed by atoms with Crippen LogP contribution < -0.4 is 0 Å². The molecule has 0 heterocycles. The minimum atomic E-state index is -0.554. The predicted molar refractivity (Wildman–Crippen MR) is 56.6 cm³/mol. The lowest BCUT2D eigenvalue weighted by Crippen LogP contribution is -2.49. The summed E-state index contributed by atoms with van der Waals surface area (Å²) in [5, 5.41) is 9.07. The molecule has 15 heavy (non-hydrogen) atoms. The molecule has 5 nitrogen and oxygen atoms in total. The van der Waals surface area contributed by atoms with E-state index >= 15 is 0 Å². The van der Waals surface area contributed by atoms with E-state index in [0.717, 1.165) is 0 Å². The molecule has 1 amide bonds. The van der Waals surface area contributed by atoms with Crippen LogP contribution in [-0.2, 0) is 14.3 Å². The molecule has 1 N–H and O–H groups in total. The second-order valence-electron chi connectivity index (χ2n) is 3.97. The monoisotopic (exact) mass is 219 g/mol. The van der Waals surface area contributed by atoms with Crippen molar-refractivity contribution in [1.82, 2.24) is 4.90 Å². The summed E-state index contributed by atoms with van der Waals surface area (Å²) in [5.41, 5.74) is -0.554. The topological polar surface area (TPSA) is 59.0 Å². The summed E-state index contributed by atoms with van der Waals surface area (Å²) < 4.78 is 9.88. The van der Waals surface area contributed by atoms with E-state index in [1.807, 2.05) is 0 Å². The van der Waals surface area contributed by atoms with Crippen molar-refractivity contribution >= 4 is 5.91 Å². The molecule has 0 saturated carbocycles. The van der Waals surface area contributed by atoms with E-state index in [9.17, 15) is 4.79 Å².